The largest absolute Gasteiger partial charge is 0.467 e. The van der Waals surface area contributed by atoms with Crippen molar-refractivity contribution >= 4 is 11.8 Å². The van der Waals surface area contributed by atoms with E-state index < -0.39 is 0 Å². The lowest BCUT2D eigenvalue weighted by molar-refractivity contribution is -0.127. The quantitative estimate of drug-likeness (QED) is 0.896. The van der Waals surface area contributed by atoms with Crippen molar-refractivity contribution in [1.29, 1.82) is 0 Å². The molecule has 1 fully saturated rings. The van der Waals surface area contributed by atoms with Gasteiger partial charge in [0.15, 0.2) is 0 Å². The smallest absolute Gasteiger partial charge is 0.226 e. The number of carbonyl (C=O) groups is 2. The van der Waals surface area contributed by atoms with E-state index in [-0.39, 0.29) is 30.2 Å². The number of furan rings is 1. The van der Waals surface area contributed by atoms with Crippen molar-refractivity contribution in [3.63, 3.8) is 0 Å². The minimum Gasteiger partial charge on any atom is -0.467 e. The van der Waals surface area contributed by atoms with Gasteiger partial charge in [-0.05, 0) is 17.7 Å². The molecule has 2 N–H and O–H groups in total. The number of rotatable bonds is 4. The van der Waals surface area contributed by atoms with E-state index >= 15 is 0 Å². The van der Waals surface area contributed by atoms with Crippen molar-refractivity contribution in [3.05, 3.63) is 60.1 Å². The third-order valence-electron chi connectivity index (χ3n) is 3.60. The van der Waals surface area contributed by atoms with E-state index in [0.717, 1.165) is 5.56 Å². The van der Waals surface area contributed by atoms with Crippen LogP contribution in [0.25, 0.3) is 0 Å². The summed E-state index contributed by atoms with van der Waals surface area (Å²) in [5, 5.41) is 5.65. The average Bonchev–Trinajstić information content (AvgIpc) is 3.17. The number of hydrogen-bond acceptors (Lipinski definition) is 3. The second kappa shape index (κ2) is 5.83. The van der Waals surface area contributed by atoms with E-state index in [2.05, 4.69) is 10.6 Å². The number of benzene rings is 1. The Labute approximate surface area is 122 Å². The van der Waals surface area contributed by atoms with Gasteiger partial charge < -0.3 is 15.1 Å². The van der Waals surface area contributed by atoms with Crippen LogP contribution >= 0.6 is 0 Å². The van der Waals surface area contributed by atoms with Gasteiger partial charge in [0.05, 0.1) is 12.2 Å². The molecule has 1 saturated heterocycles. The van der Waals surface area contributed by atoms with E-state index in [4.69, 9.17) is 4.42 Å². The molecule has 2 amide bonds. The molecule has 2 atom stereocenters. The summed E-state index contributed by atoms with van der Waals surface area (Å²) in [6, 6.07) is 12.9. The summed E-state index contributed by atoms with van der Waals surface area (Å²) in [5.74, 6) is 0.133. The molecule has 2 aromatic rings. The van der Waals surface area contributed by atoms with Crippen LogP contribution in [0.3, 0.4) is 0 Å². The summed E-state index contributed by atoms with van der Waals surface area (Å²) >= 11 is 0. The third kappa shape index (κ3) is 2.97. The molecule has 1 aliphatic rings. The summed E-state index contributed by atoms with van der Waals surface area (Å²) in [7, 11) is 0. The Morgan fingerprint density at radius 3 is 2.67 bits per heavy atom. The Hall–Kier alpha value is -2.56. The van der Waals surface area contributed by atoms with E-state index in [0.29, 0.717) is 12.3 Å². The van der Waals surface area contributed by atoms with Crippen molar-refractivity contribution in [1.82, 2.24) is 10.6 Å². The maximum Gasteiger partial charge on any atom is 0.226 e. The van der Waals surface area contributed by atoms with Gasteiger partial charge in [-0.3, -0.25) is 9.59 Å². The monoisotopic (exact) mass is 284 g/mol. The SMILES string of the molecule is O=C1CC(C(=O)NC(c2ccccc2)c2ccco2)CN1. The lowest BCUT2D eigenvalue weighted by atomic mass is 10.0. The minimum atomic E-state index is -0.343. The Morgan fingerprint density at radius 1 is 1.24 bits per heavy atom. The van der Waals surface area contributed by atoms with Crippen molar-refractivity contribution in [2.45, 2.75) is 12.5 Å². The first kappa shape index (κ1) is 13.4. The highest BCUT2D eigenvalue weighted by atomic mass is 16.3. The van der Waals surface area contributed by atoms with Crippen molar-refractivity contribution < 1.29 is 14.0 Å². The van der Waals surface area contributed by atoms with Gasteiger partial charge >= 0.3 is 0 Å². The molecule has 21 heavy (non-hydrogen) atoms. The fourth-order valence-electron chi connectivity index (χ4n) is 2.47. The van der Waals surface area contributed by atoms with Gasteiger partial charge in [-0.15, -0.1) is 0 Å². The molecule has 108 valence electrons. The molecule has 0 saturated carbocycles. The van der Waals surface area contributed by atoms with E-state index in [1.165, 1.54) is 0 Å². The van der Waals surface area contributed by atoms with Crippen LogP contribution < -0.4 is 10.6 Å². The predicted octanol–water partition coefficient (Wildman–Crippen LogP) is 1.62. The average molecular weight is 284 g/mol. The molecule has 3 rings (SSSR count). The van der Waals surface area contributed by atoms with E-state index in [1.807, 2.05) is 36.4 Å². The first-order chi connectivity index (χ1) is 10.2. The molecule has 5 nitrogen and oxygen atoms in total. The first-order valence-corrected chi connectivity index (χ1v) is 6.89. The normalized spacial score (nSPS) is 19.0. The number of amides is 2. The van der Waals surface area contributed by atoms with E-state index in [9.17, 15) is 9.59 Å². The summed E-state index contributed by atoms with van der Waals surface area (Å²) < 4.78 is 5.44. The van der Waals surface area contributed by atoms with Gasteiger partial charge in [0, 0.05) is 13.0 Å². The molecule has 0 radical (unpaired) electrons. The van der Waals surface area contributed by atoms with Crippen molar-refractivity contribution in [2.24, 2.45) is 5.92 Å². The van der Waals surface area contributed by atoms with Gasteiger partial charge in [-0.1, -0.05) is 30.3 Å². The third-order valence-corrected chi connectivity index (χ3v) is 3.60. The van der Waals surface area contributed by atoms with Crippen LogP contribution in [-0.2, 0) is 9.59 Å². The number of hydrogen-bond donors (Lipinski definition) is 2. The standard InChI is InChI=1S/C16H16N2O3/c19-14-9-12(10-17-14)16(20)18-15(13-7-4-8-21-13)11-5-2-1-3-6-11/h1-8,12,15H,9-10H2,(H,17,19)(H,18,20). The predicted molar refractivity (Wildman–Crippen MR) is 76.3 cm³/mol. The van der Waals surface area contributed by atoms with Gasteiger partial charge in [0.2, 0.25) is 11.8 Å². The molecule has 5 heteroatoms. The highest BCUT2D eigenvalue weighted by molar-refractivity contribution is 5.89. The van der Waals surface area contributed by atoms with Crippen molar-refractivity contribution in [2.75, 3.05) is 6.54 Å². The van der Waals surface area contributed by atoms with Gasteiger partial charge in [-0.25, -0.2) is 0 Å². The molecular weight excluding hydrogens is 268 g/mol. The van der Waals surface area contributed by atoms with Crippen LogP contribution in [0.2, 0.25) is 0 Å². The zero-order valence-electron chi connectivity index (χ0n) is 11.4. The minimum absolute atomic E-state index is 0.0793. The van der Waals surface area contributed by atoms with Crippen LogP contribution in [-0.4, -0.2) is 18.4 Å². The highest BCUT2D eigenvalue weighted by Crippen LogP contribution is 2.23. The molecule has 2 heterocycles. The van der Waals surface area contributed by atoms with Crippen LogP contribution in [0.5, 0.6) is 0 Å². The zero-order valence-corrected chi connectivity index (χ0v) is 11.4. The van der Waals surface area contributed by atoms with Crippen LogP contribution in [0.4, 0.5) is 0 Å². The van der Waals surface area contributed by atoms with E-state index in [1.54, 1.807) is 12.3 Å². The lowest BCUT2D eigenvalue weighted by Crippen LogP contribution is -2.35. The summed E-state index contributed by atoms with van der Waals surface area (Å²) in [4.78, 5) is 23.6. The lowest BCUT2D eigenvalue weighted by Gasteiger charge is -2.19. The maximum atomic E-state index is 12.3. The molecular formula is C16H16N2O3. The van der Waals surface area contributed by atoms with Crippen molar-refractivity contribution in [3.8, 4) is 0 Å². The first-order valence-electron chi connectivity index (χ1n) is 6.89. The zero-order chi connectivity index (χ0) is 14.7. The highest BCUT2D eigenvalue weighted by Gasteiger charge is 2.30. The summed E-state index contributed by atoms with van der Waals surface area (Å²) in [5.41, 5.74) is 0.943. The Bertz CT molecular complexity index is 622. The molecule has 2 unspecified atom stereocenters. The van der Waals surface area contributed by atoms with Gasteiger partial charge in [0.1, 0.15) is 11.8 Å². The molecule has 1 aromatic heterocycles. The second-order valence-electron chi connectivity index (χ2n) is 5.07. The van der Waals surface area contributed by atoms with Crippen LogP contribution in [0.15, 0.2) is 53.1 Å². The molecule has 1 aliphatic heterocycles. The van der Waals surface area contributed by atoms with Crippen LogP contribution in [0, 0.1) is 5.92 Å². The maximum absolute atomic E-state index is 12.3. The molecule has 0 aliphatic carbocycles. The van der Waals surface area contributed by atoms with Crippen LogP contribution in [0.1, 0.15) is 23.8 Å². The molecule has 0 spiro atoms. The van der Waals surface area contributed by atoms with Gasteiger partial charge in [-0.2, -0.15) is 0 Å². The number of nitrogens with one attached hydrogen (secondary N) is 2. The molecule has 1 aromatic carbocycles. The Balaban J connectivity index is 1.80. The molecule has 0 bridgehead atoms. The Morgan fingerprint density at radius 2 is 2.05 bits per heavy atom. The number of carbonyl (C=O) groups excluding carboxylic acids is 2. The topological polar surface area (TPSA) is 71.3 Å². The fourth-order valence-corrected chi connectivity index (χ4v) is 2.47. The van der Waals surface area contributed by atoms with Gasteiger partial charge in [0.25, 0.3) is 0 Å². The summed E-state index contributed by atoms with van der Waals surface area (Å²) in [6.45, 7) is 0.393. The fraction of sp³-hybridized carbons (Fsp3) is 0.250. The summed E-state index contributed by atoms with van der Waals surface area (Å²) in [6.07, 6.45) is 1.82. The second-order valence-corrected chi connectivity index (χ2v) is 5.07. The Kier molecular flexibility index (Phi) is 3.73.